The summed E-state index contributed by atoms with van der Waals surface area (Å²) in [5.74, 6) is 12.4. The molecular formula is C20H26N5+. The number of hydrogen-bond donors (Lipinski definition) is 3. The van der Waals surface area contributed by atoms with E-state index in [0.29, 0.717) is 0 Å². The highest BCUT2D eigenvalue weighted by molar-refractivity contribution is 6.18. The van der Waals surface area contributed by atoms with E-state index in [-0.39, 0.29) is 5.41 Å². The molecule has 0 spiro atoms. The Morgan fingerprint density at radius 2 is 2.00 bits per heavy atom. The number of hydrazone groups is 1. The zero-order valence-corrected chi connectivity index (χ0v) is 15.2. The van der Waals surface area contributed by atoms with Gasteiger partial charge in [0.15, 0.2) is 0 Å². The lowest BCUT2D eigenvalue weighted by atomic mass is 9.74. The van der Waals surface area contributed by atoms with Crippen molar-refractivity contribution >= 4 is 27.5 Å². The van der Waals surface area contributed by atoms with Crippen molar-refractivity contribution in [2.75, 3.05) is 5.84 Å². The number of fused-ring (bicyclic) bond motifs is 5. The fraction of sp³-hybridized carbons (Fsp3) is 0.400. The van der Waals surface area contributed by atoms with Crippen LogP contribution in [0.25, 0.3) is 21.8 Å². The summed E-state index contributed by atoms with van der Waals surface area (Å²) < 4.78 is 1.91. The van der Waals surface area contributed by atoms with Crippen molar-refractivity contribution in [2.45, 2.75) is 46.5 Å². The van der Waals surface area contributed by atoms with E-state index in [2.05, 4.69) is 55.1 Å². The average molecular weight is 336 g/mol. The molecule has 25 heavy (non-hydrogen) atoms. The molecule has 0 aliphatic heterocycles. The molecule has 1 aromatic carbocycles. The fourth-order valence-electron chi connectivity index (χ4n) is 4.31. The van der Waals surface area contributed by atoms with E-state index >= 15 is 0 Å². The molecule has 4 rings (SSSR count). The maximum absolute atomic E-state index is 6.65. The number of H-pyrrole nitrogens is 1. The van der Waals surface area contributed by atoms with Gasteiger partial charge in [0.2, 0.25) is 11.4 Å². The van der Waals surface area contributed by atoms with Crippen LogP contribution in [0.1, 0.15) is 50.6 Å². The predicted molar refractivity (Wildman–Crippen MR) is 103 cm³/mol. The molecule has 5 N–H and O–H groups in total. The minimum atomic E-state index is 0.0928. The molecule has 0 unspecified atom stereocenters. The highest BCUT2D eigenvalue weighted by Gasteiger charge is 2.39. The third kappa shape index (κ3) is 2.29. The molecule has 1 aliphatic carbocycles. The van der Waals surface area contributed by atoms with Crippen molar-refractivity contribution in [3.05, 3.63) is 41.2 Å². The van der Waals surface area contributed by atoms with E-state index < -0.39 is 0 Å². The van der Waals surface area contributed by atoms with Crippen LogP contribution in [-0.4, -0.2) is 10.7 Å². The average Bonchev–Trinajstić information content (AvgIpc) is 2.96. The van der Waals surface area contributed by atoms with Gasteiger partial charge >= 0.3 is 0 Å². The van der Waals surface area contributed by atoms with Gasteiger partial charge in [-0.2, -0.15) is 5.10 Å². The number of hydrogen-bond acceptors (Lipinski definition) is 3. The van der Waals surface area contributed by atoms with Crippen LogP contribution in [0.5, 0.6) is 0 Å². The van der Waals surface area contributed by atoms with Gasteiger partial charge in [-0.15, -0.1) is 0 Å². The highest BCUT2D eigenvalue weighted by atomic mass is 15.3. The Balaban J connectivity index is 2.20. The second kappa shape index (κ2) is 5.48. The minimum Gasteiger partial charge on any atom is -0.354 e. The number of nitrogen functional groups attached to an aromatic ring is 1. The van der Waals surface area contributed by atoms with E-state index in [4.69, 9.17) is 11.7 Å². The number of aromatic amines is 1. The number of aromatic nitrogens is 2. The van der Waals surface area contributed by atoms with E-state index in [0.717, 1.165) is 53.7 Å². The summed E-state index contributed by atoms with van der Waals surface area (Å²) in [6.45, 7) is 6.68. The number of benzene rings is 1. The lowest BCUT2D eigenvalue weighted by molar-refractivity contribution is -0.654. The van der Waals surface area contributed by atoms with Gasteiger partial charge in [-0.25, -0.2) is 5.84 Å². The molecule has 0 saturated carbocycles. The number of aryl methyl sites for hydroxylation is 1. The largest absolute Gasteiger partial charge is 0.354 e. The first-order valence-corrected chi connectivity index (χ1v) is 8.99. The quantitative estimate of drug-likeness (QED) is 0.382. The normalized spacial score (nSPS) is 18.1. The number of para-hydroxylation sites is 1. The lowest BCUT2D eigenvalue weighted by Crippen LogP contribution is -2.55. The smallest absolute Gasteiger partial charge is 0.223 e. The summed E-state index contributed by atoms with van der Waals surface area (Å²) in [5.41, 5.74) is 6.69. The van der Waals surface area contributed by atoms with Crippen LogP contribution in [-0.2, 0) is 12.8 Å². The lowest BCUT2D eigenvalue weighted by Gasteiger charge is -2.30. The molecule has 5 nitrogen and oxygen atoms in total. The summed E-state index contributed by atoms with van der Waals surface area (Å²) in [5, 5.41) is 6.57. The number of nitrogens with two attached hydrogens (primary N) is 2. The Kier molecular flexibility index (Phi) is 3.49. The van der Waals surface area contributed by atoms with Gasteiger partial charge in [0.05, 0.1) is 22.2 Å². The second-order valence-corrected chi connectivity index (χ2v) is 7.90. The van der Waals surface area contributed by atoms with Crippen LogP contribution in [0, 0.1) is 5.41 Å². The second-order valence-electron chi connectivity index (χ2n) is 7.90. The van der Waals surface area contributed by atoms with Crippen molar-refractivity contribution in [3.8, 4) is 0 Å². The Morgan fingerprint density at radius 1 is 1.24 bits per heavy atom. The molecule has 3 aromatic rings. The maximum Gasteiger partial charge on any atom is 0.223 e. The molecule has 0 atom stereocenters. The van der Waals surface area contributed by atoms with Crippen molar-refractivity contribution in [3.63, 3.8) is 0 Å². The summed E-state index contributed by atoms with van der Waals surface area (Å²) in [6.07, 6.45) is 3.76. The minimum absolute atomic E-state index is 0.0928. The molecule has 0 saturated heterocycles. The number of rotatable bonds is 2. The molecule has 130 valence electrons. The standard InChI is InChI=1S/C20H25N5/c1-4-7-15-17-12-8-5-6-9-13(12)23-19(17)18-14(24-21)10-20(2,3)11-16(18)25(15)22/h5-6,8-9H,4,7,10-11,21-22H2,1-3H3/p+1/b24-14-. The highest BCUT2D eigenvalue weighted by Crippen LogP contribution is 2.39. The molecule has 1 aliphatic rings. The number of pyridine rings is 1. The van der Waals surface area contributed by atoms with Crippen LogP contribution >= 0.6 is 0 Å². The Morgan fingerprint density at radius 3 is 2.72 bits per heavy atom. The Hall–Kier alpha value is -2.56. The SMILES string of the molecule is CCCc1c2c([nH]c3ccccc32)c2c([n+]1N)CC(C)(C)C/C2=N/N. The van der Waals surface area contributed by atoms with Gasteiger partial charge in [-0.3, -0.25) is 0 Å². The first-order chi connectivity index (χ1) is 12.0. The van der Waals surface area contributed by atoms with Crippen molar-refractivity contribution in [1.82, 2.24) is 4.98 Å². The zero-order chi connectivity index (χ0) is 17.8. The molecular weight excluding hydrogens is 310 g/mol. The topological polar surface area (TPSA) is 84.1 Å². The zero-order valence-electron chi connectivity index (χ0n) is 15.2. The Bertz CT molecular complexity index is 1010. The van der Waals surface area contributed by atoms with Gasteiger partial charge in [0.25, 0.3) is 0 Å². The van der Waals surface area contributed by atoms with Gasteiger partial charge < -0.3 is 10.8 Å². The molecule has 0 fully saturated rings. The van der Waals surface area contributed by atoms with Crippen molar-refractivity contribution in [1.29, 1.82) is 0 Å². The van der Waals surface area contributed by atoms with Crippen molar-refractivity contribution < 1.29 is 4.68 Å². The van der Waals surface area contributed by atoms with Gasteiger partial charge in [-0.1, -0.05) is 43.6 Å². The van der Waals surface area contributed by atoms with Crippen LogP contribution < -0.4 is 16.4 Å². The number of nitrogens with one attached hydrogen (secondary N) is 1. The van der Waals surface area contributed by atoms with Gasteiger partial charge in [0.1, 0.15) is 0 Å². The van der Waals surface area contributed by atoms with Gasteiger partial charge in [0, 0.05) is 23.7 Å². The Labute approximate surface area is 147 Å². The van der Waals surface area contributed by atoms with Crippen LogP contribution in [0.15, 0.2) is 29.4 Å². The number of nitrogens with zero attached hydrogens (tertiary/aromatic N) is 2. The van der Waals surface area contributed by atoms with Crippen molar-refractivity contribution in [2.24, 2.45) is 16.4 Å². The van der Waals surface area contributed by atoms with Crippen LogP contribution in [0.3, 0.4) is 0 Å². The van der Waals surface area contributed by atoms with Gasteiger partial charge in [-0.05, 0) is 24.3 Å². The maximum atomic E-state index is 6.65. The van der Waals surface area contributed by atoms with E-state index in [1.54, 1.807) is 0 Å². The molecule has 0 radical (unpaired) electrons. The van der Waals surface area contributed by atoms with E-state index in [1.165, 1.54) is 16.5 Å². The molecule has 2 heterocycles. The molecule has 0 amide bonds. The molecule has 0 bridgehead atoms. The first kappa shape index (κ1) is 15.9. The summed E-state index contributed by atoms with van der Waals surface area (Å²) in [6, 6.07) is 8.41. The third-order valence-electron chi connectivity index (χ3n) is 5.34. The van der Waals surface area contributed by atoms with Crippen LogP contribution in [0.2, 0.25) is 0 Å². The van der Waals surface area contributed by atoms with E-state index in [9.17, 15) is 0 Å². The first-order valence-electron chi connectivity index (χ1n) is 8.99. The predicted octanol–water partition coefficient (Wildman–Crippen LogP) is 2.91. The fourth-order valence-corrected chi connectivity index (χ4v) is 4.31. The third-order valence-corrected chi connectivity index (χ3v) is 5.34. The summed E-state index contributed by atoms with van der Waals surface area (Å²) in [4.78, 5) is 3.62. The molecule has 2 aromatic heterocycles. The van der Waals surface area contributed by atoms with Crippen LogP contribution in [0.4, 0.5) is 0 Å². The van der Waals surface area contributed by atoms with E-state index in [1.807, 2.05) is 4.68 Å². The molecule has 5 heteroatoms. The summed E-state index contributed by atoms with van der Waals surface area (Å²) in [7, 11) is 0. The monoisotopic (exact) mass is 336 g/mol. The summed E-state index contributed by atoms with van der Waals surface area (Å²) >= 11 is 0.